The van der Waals surface area contributed by atoms with Gasteiger partial charge in [-0.15, -0.1) is 0 Å². The maximum Gasteiger partial charge on any atom is 0.220 e. The number of carbonyl (C=O) groups excluding carboxylic acids is 1. The molecule has 1 aromatic carbocycles. The van der Waals surface area contributed by atoms with Crippen LogP contribution in [0.2, 0.25) is 5.02 Å². The number of amides is 1. The van der Waals surface area contributed by atoms with Gasteiger partial charge >= 0.3 is 0 Å². The highest BCUT2D eigenvalue weighted by molar-refractivity contribution is 6.31. The Morgan fingerprint density at radius 2 is 2.27 bits per heavy atom. The summed E-state index contributed by atoms with van der Waals surface area (Å²) in [5.74, 6) is 0.169. The molecule has 1 N–H and O–H groups in total. The Balaban J connectivity index is 2.12. The molecule has 0 aromatic heterocycles. The minimum atomic E-state index is 0.0390. The van der Waals surface area contributed by atoms with Crippen LogP contribution in [0.4, 0.5) is 0 Å². The van der Waals surface area contributed by atoms with Crippen molar-refractivity contribution in [1.82, 2.24) is 5.32 Å². The summed E-state index contributed by atoms with van der Waals surface area (Å²) >= 11 is 6.16. The van der Waals surface area contributed by atoms with Crippen molar-refractivity contribution in [2.45, 2.75) is 24.7 Å². The van der Waals surface area contributed by atoms with Crippen LogP contribution >= 0.6 is 11.6 Å². The van der Waals surface area contributed by atoms with Gasteiger partial charge in [-0.3, -0.25) is 4.79 Å². The highest BCUT2D eigenvalue weighted by Crippen LogP contribution is 2.45. The predicted octanol–water partition coefficient (Wildman–Crippen LogP) is 2.04. The summed E-state index contributed by atoms with van der Waals surface area (Å²) in [5.41, 5.74) is 2.57. The second-order valence-corrected chi connectivity index (χ2v) is 4.91. The van der Waals surface area contributed by atoms with Gasteiger partial charge in [-0.2, -0.15) is 0 Å². The molecule has 1 heterocycles. The van der Waals surface area contributed by atoms with Crippen molar-refractivity contribution in [2.24, 2.45) is 0 Å². The van der Waals surface area contributed by atoms with E-state index in [1.165, 1.54) is 11.1 Å². The van der Waals surface area contributed by atoms with Gasteiger partial charge in [0.1, 0.15) is 0 Å². The molecule has 1 aliphatic carbocycles. The first kappa shape index (κ1) is 9.22. The van der Waals surface area contributed by atoms with E-state index >= 15 is 0 Å². The Morgan fingerprint density at radius 1 is 1.40 bits per heavy atom. The molecule has 2 aliphatic rings. The first-order chi connectivity index (χ1) is 7.21. The molecule has 3 rings (SSSR count). The Bertz CT molecular complexity index is 443. The monoisotopic (exact) mass is 221 g/mol. The Kier molecular flexibility index (Phi) is 1.84. The molecule has 1 aliphatic heterocycles. The fourth-order valence-electron chi connectivity index (χ4n) is 2.88. The molecule has 3 heteroatoms. The van der Waals surface area contributed by atoms with Gasteiger partial charge in [-0.05, 0) is 30.0 Å². The summed E-state index contributed by atoms with van der Waals surface area (Å²) in [6, 6.07) is 6.04. The molecule has 0 radical (unpaired) electrons. The molecule has 1 spiro atoms. The standard InChI is InChI=1S/C12H12ClNO/c13-10-3-1-2-9-8(10)4-5-12(9)6-11(15)14-7-12/h1-3H,4-7H2,(H,14,15). The van der Waals surface area contributed by atoms with Crippen LogP contribution in [0.1, 0.15) is 24.0 Å². The van der Waals surface area contributed by atoms with Crippen LogP contribution < -0.4 is 5.32 Å². The maximum absolute atomic E-state index is 11.4. The molecule has 1 unspecified atom stereocenters. The van der Waals surface area contributed by atoms with Crippen LogP contribution in [0.25, 0.3) is 0 Å². The lowest BCUT2D eigenvalue weighted by molar-refractivity contribution is -0.119. The molecule has 0 bridgehead atoms. The van der Waals surface area contributed by atoms with Gasteiger partial charge in [0, 0.05) is 23.4 Å². The Hall–Kier alpha value is -1.02. The molecular formula is C12H12ClNO. The van der Waals surface area contributed by atoms with Gasteiger partial charge in [-0.1, -0.05) is 23.7 Å². The second kappa shape index (κ2) is 2.99. The maximum atomic E-state index is 11.4. The van der Waals surface area contributed by atoms with E-state index in [1.54, 1.807) is 0 Å². The SMILES string of the molecule is O=C1CC2(CCc3c(Cl)cccc32)CN1. The van der Waals surface area contributed by atoms with Crippen molar-refractivity contribution in [3.8, 4) is 0 Å². The average Bonchev–Trinajstić information content (AvgIpc) is 2.75. The average molecular weight is 222 g/mol. The van der Waals surface area contributed by atoms with Crippen LogP contribution in [0.3, 0.4) is 0 Å². The van der Waals surface area contributed by atoms with Crippen molar-refractivity contribution in [3.05, 3.63) is 34.3 Å². The van der Waals surface area contributed by atoms with Crippen LogP contribution in [0.15, 0.2) is 18.2 Å². The van der Waals surface area contributed by atoms with Crippen LogP contribution in [-0.2, 0) is 16.6 Å². The molecule has 1 atom stereocenters. The van der Waals surface area contributed by atoms with Gasteiger partial charge in [-0.25, -0.2) is 0 Å². The van der Waals surface area contributed by atoms with Crippen molar-refractivity contribution in [3.63, 3.8) is 0 Å². The summed E-state index contributed by atoms with van der Waals surface area (Å²) < 4.78 is 0. The van der Waals surface area contributed by atoms with Crippen LogP contribution in [0, 0.1) is 0 Å². The zero-order valence-electron chi connectivity index (χ0n) is 8.35. The molecule has 2 nitrogen and oxygen atoms in total. The van der Waals surface area contributed by atoms with E-state index in [4.69, 9.17) is 11.6 Å². The molecular weight excluding hydrogens is 210 g/mol. The van der Waals surface area contributed by atoms with Gasteiger partial charge < -0.3 is 5.32 Å². The lowest BCUT2D eigenvalue weighted by Crippen LogP contribution is -2.25. The lowest BCUT2D eigenvalue weighted by atomic mass is 9.81. The predicted molar refractivity (Wildman–Crippen MR) is 59.1 cm³/mol. The third kappa shape index (κ3) is 1.21. The smallest absolute Gasteiger partial charge is 0.220 e. The van der Waals surface area contributed by atoms with Crippen molar-refractivity contribution in [2.75, 3.05) is 6.54 Å². The van der Waals surface area contributed by atoms with Crippen LogP contribution in [-0.4, -0.2) is 12.5 Å². The Morgan fingerprint density at radius 3 is 3.00 bits per heavy atom. The van der Waals surface area contributed by atoms with Crippen LogP contribution in [0.5, 0.6) is 0 Å². The van der Waals surface area contributed by atoms with Crippen molar-refractivity contribution in [1.29, 1.82) is 0 Å². The molecule has 1 saturated heterocycles. The molecule has 78 valence electrons. The van der Waals surface area contributed by atoms with Crippen molar-refractivity contribution >= 4 is 17.5 Å². The highest BCUT2D eigenvalue weighted by atomic mass is 35.5. The van der Waals surface area contributed by atoms with E-state index in [0.717, 1.165) is 24.4 Å². The number of nitrogens with one attached hydrogen (secondary N) is 1. The van der Waals surface area contributed by atoms with Crippen molar-refractivity contribution < 1.29 is 4.79 Å². The summed E-state index contributed by atoms with van der Waals surface area (Å²) in [5, 5.41) is 3.78. The van der Waals surface area contributed by atoms with Gasteiger partial charge in [0.15, 0.2) is 0 Å². The quantitative estimate of drug-likeness (QED) is 0.714. The third-order valence-electron chi connectivity index (χ3n) is 3.67. The summed E-state index contributed by atoms with van der Waals surface area (Å²) in [7, 11) is 0. The topological polar surface area (TPSA) is 29.1 Å². The zero-order chi connectivity index (χ0) is 10.5. The number of hydrogen-bond acceptors (Lipinski definition) is 1. The molecule has 0 saturated carbocycles. The lowest BCUT2D eigenvalue weighted by Gasteiger charge is -2.21. The fourth-order valence-corrected chi connectivity index (χ4v) is 3.14. The third-order valence-corrected chi connectivity index (χ3v) is 4.02. The first-order valence-electron chi connectivity index (χ1n) is 5.26. The number of benzene rings is 1. The molecule has 1 aromatic rings. The first-order valence-corrected chi connectivity index (χ1v) is 5.64. The number of fused-ring (bicyclic) bond motifs is 2. The molecule has 1 amide bonds. The van der Waals surface area contributed by atoms with Gasteiger partial charge in [0.2, 0.25) is 5.91 Å². The number of carbonyl (C=O) groups is 1. The van der Waals surface area contributed by atoms with E-state index in [9.17, 15) is 4.79 Å². The zero-order valence-corrected chi connectivity index (χ0v) is 9.10. The summed E-state index contributed by atoms with van der Waals surface area (Å²) in [6.45, 7) is 0.777. The summed E-state index contributed by atoms with van der Waals surface area (Å²) in [4.78, 5) is 11.4. The molecule has 1 fully saturated rings. The minimum Gasteiger partial charge on any atom is -0.355 e. The normalized spacial score (nSPS) is 28.2. The largest absolute Gasteiger partial charge is 0.355 e. The molecule has 15 heavy (non-hydrogen) atoms. The highest BCUT2D eigenvalue weighted by Gasteiger charge is 2.44. The number of rotatable bonds is 0. The summed E-state index contributed by atoms with van der Waals surface area (Å²) in [6.07, 6.45) is 2.68. The Labute approximate surface area is 93.6 Å². The van der Waals surface area contributed by atoms with E-state index in [0.29, 0.717) is 6.42 Å². The number of hydrogen-bond donors (Lipinski definition) is 1. The van der Waals surface area contributed by atoms with E-state index in [1.807, 2.05) is 12.1 Å². The minimum absolute atomic E-state index is 0.0390. The van der Waals surface area contributed by atoms with Gasteiger partial charge in [0.05, 0.1) is 0 Å². The fraction of sp³-hybridized carbons (Fsp3) is 0.417. The second-order valence-electron chi connectivity index (χ2n) is 4.50. The van der Waals surface area contributed by atoms with Gasteiger partial charge in [0.25, 0.3) is 0 Å². The van der Waals surface area contributed by atoms with E-state index in [2.05, 4.69) is 11.4 Å². The van der Waals surface area contributed by atoms with E-state index < -0.39 is 0 Å². The van der Waals surface area contributed by atoms with E-state index in [-0.39, 0.29) is 11.3 Å². The number of halogens is 1.